The maximum Gasteiger partial charge on any atom is 2.00 e. The Bertz CT molecular complexity index is 2540. The van der Waals surface area contributed by atoms with E-state index in [1.807, 2.05) is 0 Å². The second kappa shape index (κ2) is 69.4. The standard InChI is InChI=1S/2C42H70O7S.Ca/c2*1-3-5-7-9-11-13-15-17-19-21-23-25-27-29-31-36-48-41(43)38-34-33-35-39(50(45,46)47)40(38)42(44)49-37-32-30-28-26-24-22-20-18-16-14-12-10-8-6-4-2;/h2*3-6,33-35H,7-32,36-37H2,1-2H3,(H,45,46,47);/q;;+2/p-2/b2*5-3+,6-4+;. The van der Waals surface area contributed by atoms with Gasteiger partial charge in [-0.3, -0.25) is 0 Å². The van der Waals surface area contributed by atoms with Crippen LogP contribution in [-0.2, 0) is 39.2 Å². The zero-order valence-electron chi connectivity index (χ0n) is 63.9. The predicted molar refractivity (Wildman–Crippen MR) is 415 cm³/mol. The average molecular weight is 1480 g/mol. The van der Waals surface area contributed by atoms with Crippen LogP contribution in [0.25, 0.3) is 0 Å². The number of esters is 4. The first-order valence-electron chi connectivity index (χ1n) is 40.0. The molecule has 101 heavy (non-hydrogen) atoms. The molecule has 0 aliphatic heterocycles. The monoisotopic (exact) mass is 1470 g/mol. The minimum Gasteiger partial charge on any atom is -0.744 e. The first kappa shape index (κ1) is 97.4. The van der Waals surface area contributed by atoms with Gasteiger partial charge in [-0.05, 0) is 129 Å². The van der Waals surface area contributed by atoms with Crippen LogP contribution >= 0.6 is 0 Å². The van der Waals surface area contributed by atoms with Crippen LogP contribution in [0.1, 0.15) is 403 Å². The number of ether oxygens (including phenoxy) is 4. The van der Waals surface area contributed by atoms with Crippen molar-refractivity contribution in [3.8, 4) is 0 Å². The largest absolute Gasteiger partial charge is 2.00 e. The quantitative estimate of drug-likeness (QED) is 0.0150. The number of benzene rings is 2. The second-order valence-electron chi connectivity index (χ2n) is 27.2. The number of carbonyl (C=O) groups is 4. The number of unbranched alkanes of at least 4 members (excludes halogenated alkanes) is 48. The second-order valence-corrected chi connectivity index (χ2v) is 29.9. The topological polar surface area (TPSA) is 220 Å². The molecule has 0 amide bonds. The number of rotatable bonds is 66. The van der Waals surface area contributed by atoms with Gasteiger partial charge in [0.15, 0.2) is 0 Å². The number of allylic oxidation sites excluding steroid dienone is 8. The van der Waals surface area contributed by atoms with Crippen LogP contribution in [0.3, 0.4) is 0 Å². The molecule has 2 aromatic rings. The van der Waals surface area contributed by atoms with E-state index >= 15 is 0 Å². The molecule has 2 aromatic carbocycles. The third kappa shape index (κ3) is 55.5. The van der Waals surface area contributed by atoms with Crippen molar-refractivity contribution in [1.29, 1.82) is 0 Å². The van der Waals surface area contributed by atoms with Gasteiger partial charge in [0.05, 0.1) is 58.5 Å². The van der Waals surface area contributed by atoms with E-state index in [9.17, 15) is 45.1 Å². The SMILES string of the molecule is C/C=C/CCCCCCCCCCCCCCOC(=O)c1cccc(S(=O)(=O)[O-])c1C(=O)OCCCCCCCCCCCCCC/C=C/C.C/C=C/CCCCCCCCCCCCCCOC(=O)c1cccc(S(=O)(=O)[O-])c1C(=O)OCCCCCCCCCCCCCC/C=C/C.[Ca+2]. The van der Waals surface area contributed by atoms with Crippen LogP contribution in [0.15, 0.2) is 94.8 Å². The van der Waals surface area contributed by atoms with Crippen molar-refractivity contribution in [1.82, 2.24) is 0 Å². The van der Waals surface area contributed by atoms with Gasteiger partial charge >= 0.3 is 61.6 Å². The van der Waals surface area contributed by atoms with E-state index in [0.29, 0.717) is 25.7 Å². The number of hydrogen-bond donors (Lipinski definition) is 0. The summed E-state index contributed by atoms with van der Waals surface area (Å²) in [6, 6.07) is 7.23. The molecule has 572 valence electrons. The van der Waals surface area contributed by atoms with Gasteiger partial charge in [-0.15, -0.1) is 0 Å². The summed E-state index contributed by atoms with van der Waals surface area (Å²) in [7, 11) is -10.0. The van der Waals surface area contributed by atoms with Gasteiger partial charge in [-0.25, -0.2) is 36.0 Å². The van der Waals surface area contributed by atoms with Gasteiger partial charge in [-0.2, -0.15) is 0 Å². The van der Waals surface area contributed by atoms with E-state index in [-0.39, 0.29) is 75.3 Å². The molecule has 0 radical (unpaired) electrons. The molecule has 17 heteroatoms. The van der Waals surface area contributed by atoms with Gasteiger partial charge in [0.25, 0.3) is 0 Å². The Labute approximate surface area is 645 Å². The first-order chi connectivity index (χ1) is 48.6. The van der Waals surface area contributed by atoms with Crippen molar-refractivity contribution in [3.05, 3.63) is 107 Å². The Morgan fingerprint density at radius 2 is 0.446 bits per heavy atom. The molecule has 0 saturated carbocycles. The van der Waals surface area contributed by atoms with E-state index < -0.39 is 65.0 Å². The summed E-state index contributed by atoms with van der Waals surface area (Å²) in [6.45, 7) is 8.78. The fraction of sp³-hybridized carbons (Fsp3) is 0.714. The molecule has 0 fully saturated rings. The summed E-state index contributed by atoms with van der Waals surface area (Å²) in [4.78, 5) is 50.2. The molecular formula is C84H138CaO14S2. The molecule has 0 spiro atoms. The van der Waals surface area contributed by atoms with E-state index in [0.717, 1.165) is 89.2 Å². The van der Waals surface area contributed by atoms with Gasteiger partial charge < -0.3 is 28.1 Å². The van der Waals surface area contributed by atoms with Crippen LogP contribution < -0.4 is 0 Å². The van der Waals surface area contributed by atoms with Crippen LogP contribution in [0, 0.1) is 0 Å². The Hall–Kier alpha value is -3.64. The third-order valence-corrected chi connectivity index (χ3v) is 20.1. The third-order valence-electron chi connectivity index (χ3n) is 18.4. The summed E-state index contributed by atoms with van der Waals surface area (Å²) in [6.07, 6.45) is 78.3. The summed E-state index contributed by atoms with van der Waals surface area (Å²) in [5, 5.41) is 0. The van der Waals surface area contributed by atoms with E-state index in [1.165, 1.54) is 255 Å². The predicted octanol–water partition coefficient (Wildman–Crippen LogP) is 24.0. The van der Waals surface area contributed by atoms with Crippen molar-refractivity contribution in [2.75, 3.05) is 26.4 Å². The van der Waals surface area contributed by atoms with Crippen LogP contribution in [0.2, 0.25) is 0 Å². The molecular weight excluding hydrogens is 1340 g/mol. The Morgan fingerprint density at radius 1 is 0.277 bits per heavy atom. The minimum atomic E-state index is -5.01. The maximum atomic E-state index is 13.0. The molecule has 0 aliphatic carbocycles. The molecule has 0 aromatic heterocycles. The molecule has 2 rings (SSSR count). The Balaban J connectivity index is 0.00000196. The maximum absolute atomic E-state index is 13.0. The molecule has 14 nitrogen and oxygen atoms in total. The summed E-state index contributed by atoms with van der Waals surface area (Å²) >= 11 is 0. The van der Waals surface area contributed by atoms with E-state index in [2.05, 4.69) is 76.3 Å². The summed E-state index contributed by atoms with van der Waals surface area (Å²) in [5.41, 5.74) is -1.56. The van der Waals surface area contributed by atoms with Crippen molar-refractivity contribution >= 4 is 81.9 Å². The Morgan fingerprint density at radius 3 is 0.624 bits per heavy atom. The summed E-state index contributed by atoms with van der Waals surface area (Å²) < 4.78 is 93.2. The van der Waals surface area contributed by atoms with Crippen molar-refractivity contribution in [2.24, 2.45) is 0 Å². The Kier molecular flexibility index (Phi) is 66.9. The van der Waals surface area contributed by atoms with Crippen molar-refractivity contribution in [2.45, 2.75) is 371 Å². The molecule has 0 bridgehead atoms. The van der Waals surface area contributed by atoms with Gasteiger partial charge in [0.2, 0.25) is 0 Å². The minimum absolute atomic E-state index is 0. The molecule has 0 atom stereocenters. The smallest absolute Gasteiger partial charge is 0.744 e. The number of carbonyl (C=O) groups excluding carboxylic acids is 4. The fourth-order valence-corrected chi connectivity index (χ4v) is 13.8. The zero-order valence-corrected chi connectivity index (χ0v) is 67.8. The van der Waals surface area contributed by atoms with E-state index in [1.54, 1.807) is 0 Å². The van der Waals surface area contributed by atoms with Crippen LogP contribution in [0.5, 0.6) is 0 Å². The number of hydrogen-bond acceptors (Lipinski definition) is 14. The zero-order chi connectivity index (χ0) is 73.1. The fourth-order valence-electron chi connectivity index (χ4n) is 12.4. The molecule has 0 unspecified atom stereocenters. The average Bonchev–Trinajstić information content (AvgIpc) is 0.800. The normalized spacial score (nSPS) is 11.8. The molecule has 0 heterocycles. The van der Waals surface area contributed by atoms with Crippen LogP contribution in [-0.4, -0.2) is 114 Å². The van der Waals surface area contributed by atoms with Gasteiger partial charge in [0, 0.05) is 0 Å². The molecule has 0 aliphatic rings. The van der Waals surface area contributed by atoms with E-state index in [4.69, 9.17) is 18.9 Å². The summed E-state index contributed by atoms with van der Waals surface area (Å²) in [5.74, 6) is -3.63. The first-order valence-corrected chi connectivity index (χ1v) is 42.8. The van der Waals surface area contributed by atoms with Gasteiger partial charge in [-0.1, -0.05) is 318 Å². The van der Waals surface area contributed by atoms with Crippen molar-refractivity contribution < 1.29 is 64.1 Å². The molecule has 0 N–H and O–H groups in total. The van der Waals surface area contributed by atoms with Gasteiger partial charge in [0.1, 0.15) is 20.2 Å². The van der Waals surface area contributed by atoms with Crippen molar-refractivity contribution in [3.63, 3.8) is 0 Å². The van der Waals surface area contributed by atoms with Crippen LogP contribution in [0.4, 0.5) is 0 Å². The molecule has 0 saturated heterocycles.